The highest BCUT2D eigenvalue weighted by atomic mass is 16.3. The maximum atomic E-state index is 9.10. The zero-order valence-electron chi connectivity index (χ0n) is 20.3. The highest BCUT2D eigenvalue weighted by molar-refractivity contribution is 5.91. The van der Waals surface area contributed by atoms with Gasteiger partial charge in [0, 0.05) is 37.1 Å². The number of rotatable bonds is 8. The van der Waals surface area contributed by atoms with E-state index in [9.17, 15) is 0 Å². The maximum absolute atomic E-state index is 9.10. The van der Waals surface area contributed by atoms with Crippen molar-refractivity contribution in [3.8, 4) is 11.5 Å². The molecule has 4 rings (SSSR count). The molecule has 0 amide bonds. The van der Waals surface area contributed by atoms with Gasteiger partial charge in [-0.15, -0.1) is 0 Å². The first-order valence-electron chi connectivity index (χ1n) is 12.0. The molecule has 1 aromatic carbocycles. The molecule has 0 saturated carbocycles. The SMILES string of the molecule is CC(C)(C)CN1CCC(c2ccc3[nH]nc(-c4nccc(N/C=C(\C=N)CCO)n4)c3c2)CC1. The molecule has 34 heavy (non-hydrogen) atoms. The molecule has 4 N–H and O–H groups in total. The molecule has 3 heterocycles. The summed E-state index contributed by atoms with van der Waals surface area (Å²) in [4.78, 5) is 11.7. The Labute approximate surface area is 201 Å². The number of hydrogen-bond donors (Lipinski definition) is 4. The van der Waals surface area contributed by atoms with Crippen LogP contribution in [-0.2, 0) is 0 Å². The van der Waals surface area contributed by atoms with Crippen molar-refractivity contribution in [2.45, 2.75) is 46.0 Å². The van der Waals surface area contributed by atoms with Crippen molar-refractivity contribution in [2.24, 2.45) is 5.41 Å². The van der Waals surface area contributed by atoms with Crippen LogP contribution in [0.3, 0.4) is 0 Å². The number of likely N-dealkylation sites (tertiary alicyclic amines) is 1. The summed E-state index contributed by atoms with van der Waals surface area (Å²) >= 11 is 0. The van der Waals surface area contributed by atoms with Crippen LogP contribution in [0.5, 0.6) is 0 Å². The third-order valence-electron chi connectivity index (χ3n) is 6.20. The molecule has 1 fully saturated rings. The van der Waals surface area contributed by atoms with E-state index in [-0.39, 0.29) is 6.61 Å². The van der Waals surface area contributed by atoms with Gasteiger partial charge in [-0.1, -0.05) is 26.8 Å². The van der Waals surface area contributed by atoms with Crippen LogP contribution in [0.4, 0.5) is 5.82 Å². The normalized spacial score (nSPS) is 16.2. The van der Waals surface area contributed by atoms with Crippen molar-refractivity contribution in [1.29, 1.82) is 5.41 Å². The van der Waals surface area contributed by atoms with E-state index in [2.05, 4.69) is 69.4 Å². The molecular weight excluding hydrogens is 426 g/mol. The van der Waals surface area contributed by atoms with Crippen LogP contribution >= 0.6 is 0 Å². The van der Waals surface area contributed by atoms with Crippen molar-refractivity contribution in [2.75, 3.05) is 31.6 Å². The van der Waals surface area contributed by atoms with Gasteiger partial charge < -0.3 is 20.7 Å². The van der Waals surface area contributed by atoms with Gasteiger partial charge in [0.15, 0.2) is 5.82 Å². The summed E-state index contributed by atoms with van der Waals surface area (Å²) in [6.07, 6.45) is 7.35. The fourth-order valence-corrected chi connectivity index (χ4v) is 4.59. The van der Waals surface area contributed by atoms with Crippen molar-refractivity contribution in [1.82, 2.24) is 25.1 Å². The van der Waals surface area contributed by atoms with Crippen LogP contribution < -0.4 is 5.32 Å². The van der Waals surface area contributed by atoms with Gasteiger partial charge in [-0.3, -0.25) is 5.10 Å². The van der Waals surface area contributed by atoms with Gasteiger partial charge in [-0.25, -0.2) is 9.97 Å². The molecule has 2 aromatic heterocycles. The Hall–Kier alpha value is -3.10. The van der Waals surface area contributed by atoms with Gasteiger partial charge in [0.05, 0.1) is 5.52 Å². The van der Waals surface area contributed by atoms with Gasteiger partial charge >= 0.3 is 0 Å². The minimum Gasteiger partial charge on any atom is -0.396 e. The van der Waals surface area contributed by atoms with Crippen molar-refractivity contribution in [3.05, 3.63) is 47.8 Å². The minimum absolute atomic E-state index is 0.00484. The molecular formula is C26H35N7O. The lowest BCUT2D eigenvalue weighted by atomic mass is 9.87. The van der Waals surface area contributed by atoms with E-state index < -0.39 is 0 Å². The number of aromatic nitrogens is 4. The summed E-state index contributed by atoms with van der Waals surface area (Å²) in [5, 5.41) is 28.3. The topological polar surface area (TPSA) is 114 Å². The van der Waals surface area contributed by atoms with Crippen LogP contribution in [0.15, 0.2) is 42.2 Å². The van der Waals surface area contributed by atoms with Crippen molar-refractivity contribution < 1.29 is 5.11 Å². The second-order valence-electron chi connectivity index (χ2n) is 10.2. The maximum Gasteiger partial charge on any atom is 0.182 e. The minimum atomic E-state index is -0.00484. The first-order valence-corrected chi connectivity index (χ1v) is 12.0. The van der Waals surface area contributed by atoms with Crippen LogP contribution in [-0.4, -0.2) is 62.6 Å². The fourth-order valence-electron chi connectivity index (χ4n) is 4.59. The third kappa shape index (κ3) is 5.87. The summed E-state index contributed by atoms with van der Waals surface area (Å²) in [5.74, 6) is 1.70. The Bertz CT molecular complexity index is 1150. The summed E-state index contributed by atoms with van der Waals surface area (Å²) < 4.78 is 0. The van der Waals surface area contributed by atoms with Crippen molar-refractivity contribution >= 4 is 22.9 Å². The number of fused-ring (bicyclic) bond motifs is 1. The Balaban J connectivity index is 1.53. The Kier molecular flexibility index (Phi) is 7.38. The number of piperidine rings is 1. The number of aromatic amines is 1. The average Bonchev–Trinajstić information content (AvgIpc) is 3.25. The van der Waals surface area contributed by atoms with Crippen LogP contribution in [0, 0.1) is 10.8 Å². The Morgan fingerprint density at radius 2 is 2.06 bits per heavy atom. The molecule has 3 aromatic rings. The van der Waals surface area contributed by atoms with E-state index in [4.69, 9.17) is 10.5 Å². The summed E-state index contributed by atoms with van der Waals surface area (Å²) in [6.45, 7) is 10.3. The summed E-state index contributed by atoms with van der Waals surface area (Å²) in [6, 6.07) is 8.35. The standard InChI is InChI=1S/C26H35N7O/c1-26(2,3)17-33-11-7-19(8-12-33)20-4-5-22-21(14-20)24(32-31-22)25-28-10-6-23(30-25)29-16-18(15-27)9-13-34/h4-6,10,14-16,19,27,34H,7-9,11-13,17H2,1-3H3,(H,31,32)(H,28,29,30)/b18-16-,27-15?. The van der Waals surface area contributed by atoms with E-state index in [1.165, 1.54) is 24.6 Å². The highest BCUT2D eigenvalue weighted by Crippen LogP contribution is 2.33. The number of benzene rings is 1. The zero-order valence-corrected chi connectivity index (χ0v) is 20.3. The first kappa shape index (κ1) is 24.0. The lowest BCUT2D eigenvalue weighted by Gasteiger charge is -2.36. The summed E-state index contributed by atoms with van der Waals surface area (Å²) in [5.41, 5.74) is 4.07. The number of nitrogens with one attached hydrogen (secondary N) is 3. The van der Waals surface area contributed by atoms with E-state index in [1.54, 1.807) is 18.5 Å². The fraction of sp³-hybridized carbons (Fsp3) is 0.462. The third-order valence-corrected chi connectivity index (χ3v) is 6.20. The van der Waals surface area contributed by atoms with Gasteiger partial charge in [-0.2, -0.15) is 5.10 Å². The lowest BCUT2D eigenvalue weighted by molar-refractivity contribution is 0.154. The monoisotopic (exact) mass is 461 g/mol. The predicted octanol–water partition coefficient (Wildman–Crippen LogP) is 4.57. The molecule has 180 valence electrons. The van der Waals surface area contributed by atoms with Crippen LogP contribution in [0.1, 0.15) is 51.5 Å². The molecule has 8 heteroatoms. The molecule has 0 radical (unpaired) electrons. The molecule has 8 nitrogen and oxygen atoms in total. The van der Waals surface area contributed by atoms with Gasteiger partial charge in [-0.05, 0) is 73.0 Å². The number of aliphatic hydroxyl groups is 1. The van der Waals surface area contributed by atoms with Gasteiger partial charge in [0.25, 0.3) is 0 Å². The second-order valence-corrected chi connectivity index (χ2v) is 10.2. The molecule has 0 aliphatic carbocycles. The van der Waals surface area contributed by atoms with Gasteiger partial charge in [0.1, 0.15) is 11.5 Å². The molecule has 1 aliphatic rings. The first-order chi connectivity index (χ1) is 16.4. The highest BCUT2D eigenvalue weighted by Gasteiger charge is 2.24. The molecule has 0 atom stereocenters. The van der Waals surface area contributed by atoms with E-state index >= 15 is 0 Å². The largest absolute Gasteiger partial charge is 0.396 e. The predicted molar refractivity (Wildman–Crippen MR) is 137 cm³/mol. The number of H-pyrrole nitrogens is 1. The summed E-state index contributed by atoms with van der Waals surface area (Å²) in [7, 11) is 0. The lowest BCUT2D eigenvalue weighted by Crippen LogP contribution is -2.38. The van der Waals surface area contributed by atoms with E-state index in [0.717, 1.165) is 36.2 Å². The molecule has 1 aliphatic heterocycles. The van der Waals surface area contributed by atoms with E-state index in [0.29, 0.717) is 35.0 Å². The van der Waals surface area contributed by atoms with Gasteiger partial charge in [0.2, 0.25) is 0 Å². The smallest absolute Gasteiger partial charge is 0.182 e. The zero-order chi connectivity index (χ0) is 24.1. The number of hydrogen-bond acceptors (Lipinski definition) is 7. The number of anilines is 1. The molecule has 0 bridgehead atoms. The number of nitrogens with zero attached hydrogens (tertiary/aromatic N) is 4. The van der Waals surface area contributed by atoms with Crippen molar-refractivity contribution in [3.63, 3.8) is 0 Å². The average molecular weight is 462 g/mol. The molecule has 0 unspecified atom stereocenters. The Morgan fingerprint density at radius 3 is 2.76 bits per heavy atom. The quantitative estimate of drug-likeness (QED) is 0.365. The van der Waals surface area contributed by atoms with Crippen LogP contribution in [0.25, 0.3) is 22.4 Å². The number of aliphatic hydroxyl groups excluding tert-OH is 1. The van der Waals surface area contributed by atoms with E-state index in [1.807, 2.05) is 0 Å². The van der Waals surface area contributed by atoms with Crippen LogP contribution in [0.2, 0.25) is 0 Å². The second kappa shape index (κ2) is 10.4. The molecule has 1 saturated heterocycles. The Morgan fingerprint density at radius 1 is 1.26 bits per heavy atom. The molecule has 0 spiro atoms.